The normalized spacial score (nSPS) is 28.7. The van der Waals surface area contributed by atoms with Gasteiger partial charge in [0.05, 0.1) is 19.1 Å². The zero-order valence-corrected chi connectivity index (χ0v) is 15.4. The summed E-state index contributed by atoms with van der Waals surface area (Å²) in [4.78, 5) is 49.1. The van der Waals surface area contributed by atoms with Gasteiger partial charge in [-0.15, -0.1) is 0 Å². The van der Waals surface area contributed by atoms with E-state index >= 15 is 0 Å². The average Bonchev–Trinajstić information content (AvgIpc) is 2.73. The number of amides is 1. The number of carbonyl (C=O) groups excluding carboxylic acids is 1. The molecular weight excluding hydrogens is 428 g/mol. The van der Waals surface area contributed by atoms with E-state index < -0.39 is 54.5 Å². The lowest BCUT2D eigenvalue weighted by Crippen LogP contribution is -2.17. The Labute approximate surface area is 145 Å². The Balaban J connectivity index is 2.54. The van der Waals surface area contributed by atoms with Crippen molar-refractivity contribution in [3.63, 3.8) is 0 Å². The summed E-state index contributed by atoms with van der Waals surface area (Å²) in [6.07, 6.45) is -3.60. The molecule has 0 aromatic carbocycles. The van der Waals surface area contributed by atoms with E-state index in [4.69, 9.17) is 25.2 Å². The van der Waals surface area contributed by atoms with Crippen LogP contribution in [-0.2, 0) is 36.4 Å². The lowest BCUT2D eigenvalue weighted by atomic mass is 10.2. The van der Waals surface area contributed by atoms with Crippen molar-refractivity contribution >= 4 is 35.6 Å². The van der Waals surface area contributed by atoms with Crippen molar-refractivity contribution in [2.45, 2.75) is 31.3 Å². The van der Waals surface area contributed by atoms with Crippen molar-refractivity contribution in [2.24, 2.45) is 10.7 Å². The molecule has 0 saturated carbocycles. The zero-order valence-electron chi connectivity index (χ0n) is 12.7. The monoisotopic (exact) mass is 444 g/mol. The molecule has 6 N–H and O–H groups in total. The van der Waals surface area contributed by atoms with E-state index in [9.17, 15) is 27.8 Å². The van der Waals surface area contributed by atoms with Crippen LogP contribution in [0.15, 0.2) is 4.99 Å². The van der Waals surface area contributed by atoms with Gasteiger partial charge in [-0.25, -0.2) is 18.1 Å². The summed E-state index contributed by atoms with van der Waals surface area (Å²) >= 11 is 0. The Kier molecular flexibility index (Phi) is 8.21. The smallest absolute Gasteiger partial charge is 0.369 e. The number of primary amides is 1. The van der Waals surface area contributed by atoms with E-state index in [1.54, 1.807) is 0 Å². The van der Waals surface area contributed by atoms with Crippen molar-refractivity contribution in [1.82, 2.24) is 0 Å². The molecular formula is C8H16FN2O12P3. The summed E-state index contributed by atoms with van der Waals surface area (Å²) in [6.45, 7) is -0.786. The maximum Gasteiger partial charge on any atom is 0.490 e. The first-order valence-corrected chi connectivity index (χ1v) is 11.1. The Morgan fingerprint density at radius 2 is 1.85 bits per heavy atom. The molecule has 18 heteroatoms. The number of nitrogens with two attached hydrogens (primary N) is 1. The highest BCUT2D eigenvalue weighted by Gasteiger charge is 2.42. The van der Waals surface area contributed by atoms with E-state index in [0.717, 1.165) is 6.21 Å². The van der Waals surface area contributed by atoms with Crippen LogP contribution in [0.25, 0.3) is 0 Å². The van der Waals surface area contributed by atoms with Crippen LogP contribution in [0, 0.1) is 0 Å². The lowest BCUT2D eigenvalue weighted by Gasteiger charge is -2.17. The molecule has 152 valence electrons. The van der Waals surface area contributed by atoms with Crippen LogP contribution >= 0.6 is 23.5 Å². The van der Waals surface area contributed by atoms with E-state index in [1.165, 1.54) is 0 Å². The highest BCUT2D eigenvalue weighted by Crippen LogP contribution is 2.66. The van der Waals surface area contributed by atoms with Crippen LogP contribution in [0.5, 0.6) is 0 Å². The first-order chi connectivity index (χ1) is 11.7. The third-order valence-corrected chi connectivity index (χ3v) is 6.32. The van der Waals surface area contributed by atoms with Crippen LogP contribution in [0.2, 0.25) is 0 Å². The molecule has 5 atom stereocenters. The predicted molar refractivity (Wildman–Crippen MR) is 80.3 cm³/mol. The maximum atomic E-state index is 13.7. The standard InChI is InChI=1S/C8H16FN2O12P3/c9-6-3-5(21-8(6)11-2-1-7(10)12)4-20-25(16,17)23-26(18,19)22-24(13,14)15/h2,5-6,8H,1,3-4H2,(H2,10,12)(H,16,17)(H,18,19)(H2,13,14,15). The number of rotatable bonds is 10. The quantitative estimate of drug-likeness (QED) is 0.217. The summed E-state index contributed by atoms with van der Waals surface area (Å²) < 4.78 is 63.1. The molecule has 0 aromatic heterocycles. The molecule has 0 spiro atoms. The van der Waals surface area contributed by atoms with Crippen LogP contribution in [0.1, 0.15) is 12.8 Å². The summed E-state index contributed by atoms with van der Waals surface area (Å²) in [5, 5.41) is 0. The number of hydrogen-bond acceptors (Lipinski definition) is 9. The summed E-state index contributed by atoms with van der Waals surface area (Å²) in [5.41, 5.74) is 4.86. The van der Waals surface area contributed by atoms with E-state index in [2.05, 4.69) is 18.1 Å². The van der Waals surface area contributed by atoms with Crippen LogP contribution < -0.4 is 5.73 Å². The van der Waals surface area contributed by atoms with Crippen LogP contribution in [-0.4, -0.2) is 56.8 Å². The molecule has 0 aromatic rings. The maximum absolute atomic E-state index is 13.7. The topological polar surface area (TPSA) is 224 Å². The Hall–Kier alpha value is -0.560. The fourth-order valence-corrected chi connectivity index (χ4v) is 4.72. The van der Waals surface area contributed by atoms with Gasteiger partial charge in [-0.05, 0) is 0 Å². The van der Waals surface area contributed by atoms with Crippen molar-refractivity contribution < 1.29 is 60.3 Å². The van der Waals surface area contributed by atoms with Gasteiger partial charge >= 0.3 is 23.5 Å². The number of carbonyl (C=O) groups is 1. The van der Waals surface area contributed by atoms with Crippen molar-refractivity contribution in [3.8, 4) is 0 Å². The molecule has 5 unspecified atom stereocenters. The van der Waals surface area contributed by atoms with Gasteiger partial charge in [0.25, 0.3) is 0 Å². The molecule has 14 nitrogen and oxygen atoms in total. The Morgan fingerprint density at radius 1 is 1.23 bits per heavy atom. The number of hydrogen-bond donors (Lipinski definition) is 5. The fraction of sp³-hybridized carbons (Fsp3) is 0.750. The summed E-state index contributed by atoms with van der Waals surface area (Å²) in [6, 6.07) is 0. The zero-order chi connectivity index (χ0) is 20.2. The lowest BCUT2D eigenvalue weighted by molar-refractivity contribution is -0.116. The summed E-state index contributed by atoms with van der Waals surface area (Å²) in [5.74, 6) is -0.702. The molecule has 1 saturated heterocycles. The second kappa shape index (κ2) is 9.09. The number of phosphoric acid groups is 3. The second-order valence-electron chi connectivity index (χ2n) is 4.79. The number of nitrogens with zero attached hydrogens (tertiary/aromatic N) is 1. The Bertz CT molecular complexity index is 681. The fourth-order valence-electron chi connectivity index (χ4n) is 1.67. The van der Waals surface area contributed by atoms with Crippen molar-refractivity contribution in [1.29, 1.82) is 0 Å². The van der Waals surface area contributed by atoms with Gasteiger partial charge in [0.15, 0.2) is 6.23 Å². The van der Waals surface area contributed by atoms with Gasteiger partial charge in [-0.2, -0.15) is 8.62 Å². The molecule has 1 aliphatic rings. The highest BCUT2D eigenvalue weighted by atomic mass is 31.3. The summed E-state index contributed by atoms with van der Waals surface area (Å²) in [7, 11) is -16.4. The number of halogens is 1. The SMILES string of the molecule is NC(=O)CC=NC1OC(COP(=O)(O)OP(=O)(O)OP(=O)(O)O)CC1F. The van der Waals surface area contributed by atoms with Gasteiger partial charge in [-0.1, -0.05) is 0 Å². The van der Waals surface area contributed by atoms with Crippen LogP contribution in [0.3, 0.4) is 0 Å². The molecule has 1 amide bonds. The third-order valence-electron chi connectivity index (χ3n) is 2.51. The predicted octanol–water partition coefficient (Wildman–Crippen LogP) is -0.271. The van der Waals surface area contributed by atoms with Gasteiger partial charge in [-0.3, -0.25) is 14.3 Å². The second-order valence-corrected chi connectivity index (χ2v) is 9.21. The third kappa shape index (κ3) is 9.40. The minimum atomic E-state index is -5.63. The van der Waals surface area contributed by atoms with E-state index in [-0.39, 0.29) is 12.8 Å². The first-order valence-electron chi connectivity index (χ1n) is 6.57. The molecule has 1 rings (SSSR count). The molecule has 0 bridgehead atoms. The minimum Gasteiger partial charge on any atom is -0.369 e. The number of phosphoric ester groups is 1. The largest absolute Gasteiger partial charge is 0.490 e. The molecule has 1 heterocycles. The molecule has 1 aliphatic heterocycles. The molecule has 0 radical (unpaired) electrons. The van der Waals surface area contributed by atoms with Gasteiger partial charge in [0, 0.05) is 12.6 Å². The molecule has 26 heavy (non-hydrogen) atoms. The average molecular weight is 444 g/mol. The minimum absolute atomic E-state index is 0.251. The number of alkyl halides is 1. The number of ether oxygens (including phenoxy) is 1. The van der Waals surface area contributed by atoms with E-state index in [1.807, 2.05) is 0 Å². The first kappa shape index (κ1) is 23.5. The Morgan fingerprint density at radius 3 is 2.38 bits per heavy atom. The van der Waals surface area contributed by atoms with Gasteiger partial charge in [0.2, 0.25) is 5.91 Å². The van der Waals surface area contributed by atoms with E-state index in [0.29, 0.717) is 0 Å². The van der Waals surface area contributed by atoms with Crippen molar-refractivity contribution in [3.05, 3.63) is 0 Å². The van der Waals surface area contributed by atoms with Crippen LogP contribution in [0.4, 0.5) is 4.39 Å². The van der Waals surface area contributed by atoms with Crippen molar-refractivity contribution in [2.75, 3.05) is 6.61 Å². The number of aliphatic imine (C=N–C) groups is 1. The molecule has 1 fully saturated rings. The van der Waals surface area contributed by atoms with Gasteiger partial charge in [0.1, 0.15) is 6.17 Å². The molecule has 0 aliphatic carbocycles. The highest BCUT2D eigenvalue weighted by molar-refractivity contribution is 7.66. The van der Waals surface area contributed by atoms with Gasteiger partial charge < -0.3 is 30.0 Å².